The first-order valence-electron chi connectivity index (χ1n) is 13.5. The van der Waals surface area contributed by atoms with Crippen LogP contribution >= 0.6 is 0 Å². The first kappa shape index (κ1) is 32.1. The van der Waals surface area contributed by atoms with Crippen molar-refractivity contribution in [2.75, 3.05) is 24.5 Å². The highest BCUT2D eigenvalue weighted by Gasteiger charge is 2.33. The molecular weight excluding hydrogens is 560 g/mol. The molecule has 1 N–H and O–H groups in total. The number of carbonyl (C=O) groups is 2. The van der Waals surface area contributed by atoms with Gasteiger partial charge in [0.2, 0.25) is 11.8 Å². The molecule has 42 heavy (non-hydrogen) atoms. The van der Waals surface area contributed by atoms with E-state index >= 15 is 0 Å². The number of hydrogen-bond acceptors (Lipinski definition) is 7. The van der Waals surface area contributed by atoms with Gasteiger partial charge in [0.25, 0.3) is 15.7 Å². The number of aryl methyl sites for hydroxylation is 1. The second-order valence-electron chi connectivity index (χ2n) is 9.74. The fraction of sp³-hybridized carbons (Fsp3) is 0.333. The molecule has 0 saturated heterocycles. The summed E-state index contributed by atoms with van der Waals surface area (Å²) in [4.78, 5) is 38.9. The maximum absolute atomic E-state index is 14.0. The zero-order valence-corrected chi connectivity index (χ0v) is 25.0. The van der Waals surface area contributed by atoms with Crippen molar-refractivity contribution >= 4 is 33.2 Å². The van der Waals surface area contributed by atoms with Crippen molar-refractivity contribution < 1.29 is 27.7 Å². The Bertz CT molecular complexity index is 1500. The molecule has 224 valence electrons. The molecule has 0 heterocycles. The summed E-state index contributed by atoms with van der Waals surface area (Å²) < 4.78 is 34.1. The maximum atomic E-state index is 14.0. The predicted molar refractivity (Wildman–Crippen MR) is 160 cm³/mol. The van der Waals surface area contributed by atoms with E-state index in [4.69, 9.17) is 4.74 Å². The number of ether oxygens (including phenoxy) is 1. The van der Waals surface area contributed by atoms with Crippen LogP contribution in [-0.2, 0) is 26.2 Å². The Balaban J connectivity index is 2.05. The molecule has 0 aliphatic rings. The van der Waals surface area contributed by atoms with Crippen LogP contribution in [0.25, 0.3) is 0 Å². The highest BCUT2D eigenvalue weighted by atomic mass is 32.2. The van der Waals surface area contributed by atoms with Crippen LogP contribution in [0.15, 0.2) is 77.7 Å². The van der Waals surface area contributed by atoms with Crippen molar-refractivity contribution in [2.45, 2.75) is 51.1 Å². The van der Waals surface area contributed by atoms with E-state index in [-0.39, 0.29) is 28.7 Å². The summed E-state index contributed by atoms with van der Waals surface area (Å²) in [5.41, 5.74) is 0.835. The van der Waals surface area contributed by atoms with E-state index in [2.05, 4.69) is 5.32 Å². The summed E-state index contributed by atoms with van der Waals surface area (Å²) in [7, 11) is -3.01. The van der Waals surface area contributed by atoms with Crippen LogP contribution in [0, 0.1) is 17.0 Å². The Morgan fingerprint density at radius 1 is 1.05 bits per heavy atom. The predicted octanol–water partition coefficient (Wildman–Crippen LogP) is 4.44. The molecule has 0 radical (unpaired) electrons. The van der Waals surface area contributed by atoms with Crippen LogP contribution in [0.3, 0.4) is 0 Å². The van der Waals surface area contributed by atoms with Crippen molar-refractivity contribution in [3.8, 4) is 5.75 Å². The Labute approximate surface area is 246 Å². The summed E-state index contributed by atoms with van der Waals surface area (Å²) >= 11 is 0. The molecule has 0 fully saturated rings. The zero-order valence-electron chi connectivity index (χ0n) is 24.1. The number of amides is 2. The van der Waals surface area contributed by atoms with Crippen LogP contribution in [0.4, 0.5) is 11.4 Å². The quantitative estimate of drug-likeness (QED) is 0.165. The van der Waals surface area contributed by atoms with Gasteiger partial charge in [-0.25, -0.2) is 8.42 Å². The molecule has 0 aliphatic heterocycles. The lowest BCUT2D eigenvalue weighted by molar-refractivity contribution is -0.385. The van der Waals surface area contributed by atoms with Gasteiger partial charge in [-0.2, -0.15) is 0 Å². The van der Waals surface area contributed by atoms with Gasteiger partial charge >= 0.3 is 0 Å². The van der Waals surface area contributed by atoms with Crippen LogP contribution in [-0.4, -0.2) is 56.3 Å². The molecule has 0 unspecified atom stereocenters. The van der Waals surface area contributed by atoms with Gasteiger partial charge in [-0.05, 0) is 56.2 Å². The Kier molecular flexibility index (Phi) is 11.0. The molecule has 12 heteroatoms. The van der Waals surface area contributed by atoms with Gasteiger partial charge in [0, 0.05) is 24.7 Å². The normalized spacial score (nSPS) is 11.8. The smallest absolute Gasteiger partial charge is 0.273 e. The van der Waals surface area contributed by atoms with Gasteiger partial charge in [-0.1, -0.05) is 49.7 Å². The lowest BCUT2D eigenvalue weighted by Crippen LogP contribution is -2.51. The lowest BCUT2D eigenvalue weighted by Gasteiger charge is -2.32. The number of benzene rings is 3. The minimum atomic E-state index is -4.47. The molecule has 1 atom stereocenters. The summed E-state index contributed by atoms with van der Waals surface area (Å²) in [5.74, 6) is -0.518. The molecule has 0 aromatic heterocycles. The van der Waals surface area contributed by atoms with E-state index in [1.165, 1.54) is 43.2 Å². The SMILES string of the molecule is CCCCNC(=O)[C@@H](C)N(Cc1ccccc1)C(=O)CN(c1ccc(OC)cc1)S(=O)(=O)c1ccc(C)c([N+](=O)[O-])c1. The molecular formula is C30H36N4O7S. The molecule has 3 rings (SSSR count). The molecule has 0 bridgehead atoms. The number of carbonyl (C=O) groups excluding carboxylic acids is 2. The number of methoxy groups -OCH3 is 1. The average molecular weight is 597 g/mol. The molecule has 0 aliphatic carbocycles. The van der Waals surface area contributed by atoms with E-state index in [9.17, 15) is 28.1 Å². The summed E-state index contributed by atoms with van der Waals surface area (Å²) in [6, 6.07) is 17.8. The highest BCUT2D eigenvalue weighted by molar-refractivity contribution is 7.92. The number of hydrogen-bond donors (Lipinski definition) is 1. The first-order valence-corrected chi connectivity index (χ1v) is 15.0. The standard InChI is InChI=1S/C30H36N4O7S/c1-5-6-18-31-30(36)23(3)32(20-24-10-8-7-9-11-24)29(35)21-33(25-13-15-26(41-4)16-14-25)42(39,40)27-17-12-22(2)28(19-27)34(37)38/h7-17,19,23H,5-6,18,20-21H2,1-4H3,(H,31,36)/t23-/m1/s1. The molecule has 0 saturated carbocycles. The van der Waals surface area contributed by atoms with Gasteiger partial charge in [0.1, 0.15) is 18.3 Å². The minimum Gasteiger partial charge on any atom is -0.497 e. The van der Waals surface area contributed by atoms with Gasteiger partial charge in [-0.3, -0.25) is 24.0 Å². The lowest BCUT2D eigenvalue weighted by atomic mass is 10.1. The third-order valence-corrected chi connectivity index (χ3v) is 8.57. The Hall–Kier alpha value is -4.45. The van der Waals surface area contributed by atoms with Crippen LogP contribution < -0.4 is 14.4 Å². The number of sulfonamides is 1. The number of nitrogens with zero attached hydrogens (tertiary/aromatic N) is 3. The molecule has 3 aromatic carbocycles. The first-order chi connectivity index (χ1) is 20.0. The Morgan fingerprint density at radius 3 is 2.31 bits per heavy atom. The second kappa shape index (κ2) is 14.4. The number of nitro benzene ring substituents is 1. The number of rotatable bonds is 14. The van der Waals surface area contributed by atoms with Crippen molar-refractivity contribution in [3.63, 3.8) is 0 Å². The van der Waals surface area contributed by atoms with Gasteiger partial charge in [0.05, 0.1) is 22.6 Å². The van der Waals surface area contributed by atoms with Crippen LogP contribution in [0.1, 0.15) is 37.8 Å². The summed E-state index contributed by atoms with van der Waals surface area (Å²) in [6.45, 7) is 4.96. The number of nitrogens with one attached hydrogen (secondary N) is 1. The molecule has 0 spiro atoms. The van der Waals surface area contributed by atoms with Gasteiger partial charge in [0.15, 0.2) is 0 Å². The van der Waals surface area contributed by atoms with Crippen molar-refractivity contribution in [2.24, 2.45) is 0 Å². The molecule has 11 nitrogen and oxygen atoms in total. The fourth-order valence-electron chi connectivity index (χ4n) is 4.25. The van der Waals surface area contributed by atoms with Crippen molar-refractivity contribution in [1.82, 2.24) is 10.2 Å². The van der Waals surface area contributed by atoms with Crippen molar-refractivity contribution in [1.29, 1.82) is 0 Å². The largest absolute Gasteiger partial charge is 0.497 e. The fourth-order valence-corrected chi connectivity index (χ4v) is 5.68. The highest BCUT2D eigenvalue weighted by Crippen LogP contribution is 2.29. The zero-order chi connectivity index (χ0) is 30.9. The van der Waals surface area contributed by atoms with E-state index in [0.717, 1.165) is 28.8 Å². The topological polar surface area (TPSA) is 139 Å². The van der Waals surface area contributed by atoms with Crippen molar-refractivity contribution in [3.05, 3.63) is 94.0 Å². The molecule has 3 aromatic rings. The third-order valence-electron chi connectivity index (χ3n) is 6.80. The average Bonchev–Trinajstić information content (AvgIpc) is 2.98. The van der Waals surface area contributed by atoms with Crippen LogP contribution in [0.2, 0.25) is 0 Å². The van der Waals surface area contributed by atoms with E-state index in [0.29, 0.717) is 17.9 Å². The summed E-state index contributed by atoms with van der Waals surface area (Å²) in [6.07, 6.45) is 1.66. The van der Waals surface area contributed by atoms with E-state index in [1.54, 1.807) is 19.1 Å². The van der Waals surface area contributed by atoms with Gasteiger partial charge in [-0.15, -0.1) is 0 Å². The molecule has 2 amide bonds. The number of anilines is 1. The van der Waals surface area contributed by atoms with Crippen LogP contribution in [0.5, 0.6) is 5.75 Å². The van der Waals surface area contributed by atoms with Gasteiger partial charge < -0.3 is 15.0 Å². The third kappa shape index (κ3) is 7.84. The second-order valence-corrected chi connectivity index (χ2v) is 11.6. The summed E-state index contributed by atoms with van der Waals surface area (Å²) in [5, 5.41) is 14.4. The van der Waals surface area contributed by atoms with E-state index in [1.807, 2.05) is 37.3 Å². The van der Waals surface area contributed by atoms with E-state index < -0.39 is 33.4 Å². The maximum Gasteiger partial charge on any atom is 0.273 e. The number of unbranched alkanes of at least 4 members (excludes halogenated alkanes) is 1. The number of nitro groups is 1. The Morgan fingerprint density at radius 2 is 1.71 bits per heavy atom. The minimum absolute atomic E-state index is 0.0640. The monoisotopic (exact) mass is 596 g/mol.